The van der Waals surface area contributed by atoms with Gasteiger partial charge >= 0.3 is 0 Å². The maximum atomic E-state index is 11.8. The molecule has 0 spiro atoms. The Labute approximate surface area is 84.5 Å². The van der Waals surface area contributed by atoms with E-state index < -0.39 is 0 Å². The molecular weight excluding hydrogens is 176 g/mol. The van der Waals surface area contributed by atoms with Crippen molar-refractivity contribution in [2.75, 3.05) is 12.8 Å². The van der Waals surface area contributed by atoms with E-state index in [1.54, 1.807) is 36.2 Å². The van der Waals surface area contributed by atoms with Crippen LogP contribution in [0.3, 0.4) is 0 Å². The molecular formula is C11H16N2O. The summed E-state index contributed by atoms with van der Waals surface area (Å²) < 4.78 is 0. The number of nitrogen functional groups attached to an aromatic ring is 1. The Bertz CT molecular complexity index is 334. The number of amides is 1. The first-order valence-corrected chi connectivity index (χ1v) is 4.65. The van der Waals surface area contributed by atoms with Crippen molar-refractivity contribution in [3.8, 4) is 0 Å². The summed E-state index contributed by atoms with van der Waals surface area (Å²) in [4.78, 5) is 13.5. The fourth-order valence-corrected chi connectivity index (χ4v) is 1.11. The largest absolute Gasteiger partial charge is 0.399 e. The van der Waals surface area contributed by atoms with Crippen LogP contribution in [0, 0.1) is 0 Å². The first-order chi connectivity index (χ1) is 6.52. The minimum absolute atomic E-state index is 0.00676. The molecule has 1 rings (SSSR count). The summed E-state index contributed by atoms with van der Waals surface area (Å²) in [5, 5.41) is 0. The number of carbonyl (C=O) groups excluding carboxylic acids is 1. The van der Waals surface area contributed by atoms with Crippen LogP contribution in [0.1, 0.15) is 24.2 Å². The molecule has 1 aromatic carbocycles. The molecule has 0 aliphatic heterocycles. The quantitative estimate of drug-likeness (QED) is 0.725. The highest BCUT2D eigenvalue weighted by molar-refractivity contribution is 5.95. The molecule has 3 heteroatoms. The van der Waals surface area contributed by atoms with Crippen LogP contribution in [0.15, 0.2) is 24.3 Å². The maximum Gasteiger partial charge on any atom is 0.253 e. The third-order valence-electron chi connectivity index (χ3n) is 2.23. The first kappa shape index (κ1) is 10.6. The van der Waals surface area contributed by atoms with Crippen LogP contribution in [0.4, 0.5) is 5.69 Å². The lowest BCUT2D eigenvalue weighted by Crippen LogP contribution is -2.32. The van der Waals surface area contributed by atoms with Crippen molar-refractivity contribution >= 4 is 11.6 Å². The smallest absolute Gasteiger partial charge is 0.253 e. The lowest BCUT2D eigenvalue weighted by atomic mass is 10.1. The van der Waals surface area contributed by atoms with Crippen molar-refractivity contribution in [1.82, 2.24) is 4.90 Å². The van der Waals surface area contributed by atoms with E-state index in [0.29, 0.717) is 11.3 Å². The molecule has 0 saturated carbocycles. The SMILES string of the molecule is CC(C)N(C)C(=O)c1cccc(N)c1. The van der Waals surface area contributed by atoms with Gasteiger partial charge in [-0.25, -0.2) is 0 Å². The average molecular weight is 192 g/mol. The highest BCUT2D eigenvalue weighted by Gasteiger charge is 2.13. The Hall–Kier alpha value is -1.51. The number of carbonyl (C=O) groups is 1. The van der Waals surface area contributed by atoms with Gasteiger partial charge in [0.1, 0.15) is 0 Å². The molecule has 0 aliphatic rings. The van der Waals surface area contributed by atoms with Gasteiger partial charge in [-0.1, -0.05) is 6.07 Å². The zero-order valence-corrected chi connectivity index (χ0v) is 8.82. The highest BCUT2D eigenvalue weighted by Crippen LogP contribution is 2.10. The Balaban J connectivity index is 2.89. The molecule has 0 saturated heterocycles. The second-order valence-electron chi connectivity index (χ2n) is 3.64. The highest BCUT2D eigenvalue weighted by atomic mass is 16.2. The minimum atomic E-state index is 0.00676. The van der Waals surface area contributed by atoms with E-state index in [0.717, 1.165) is 0 Å². The fourth-order valence-electron chi connectivity index (χ4n) is 1.11. The summed E-state index contributed by atoms with van der Waals surface area (Å²) in [7, 11) is 1.79. The van der Waals surface area contributed by atoms with E-state index in [1.807, 2.05) is 13.8 Å². The Morgan fingerprint density at radius 1 is 1.43 bits per heavy atom. The number of benzene rings is 1. The van der Waals surface area contributed by atoms with Gasteiger partial charge in [0.15, 0.2) is 0 Å². The Morgan fingerprint density at radius 3 is 2.57 bits per heavy atom. The summed E-state index contributed by atoms with van der Waals surface area (Å²) in [6, 6.07) is 7.23. The summed E-state index contributed by atoms with van der Waals surface area (Å²) in [5.41, 5.74) is 6.86. The van der Waals surface area contributed by atoms with Crippen molar-refractivity contribution in [2.45, 2.75) is 19.9 Å². The molecule has 1 aromatic rings. The van der Waals surface area contributed by atoms with Crippen LogP contribution < -0.4 is 5.73 Å². The topological polar surface area (TPSA) is 46.3 Å². The zero-order chi connectivity index (χ0) is 10.7. The van der Waals surface area contributed by atoms with Crippen molar-refractivity contribution in [3.63, 3.8) is 0 Å². The molecule has 3 nitrogen and oxygen atoms in total. The van der Waals surface area contributed by atoms with E-state index in [4.69, 9.17) is 5.73 Å². The van der Waals surface area contributed by atoms with Gasteiger partial charge in [0.2, 0.25) is 0 Å². The summed E-state index contributed by atoms with van der Waals surface area (Å²) in [6.45, 7) is 3.95. The molecule has 0 unspecified atom stereocenters. The standard InChI is InChI=1S/C11H16N2O/c1-8(2)13(3)11(14)9-5-4-6-10(12)7-9/h4-8H,12H2,1-3H3. The molecule has 0 bridgehead atoms. The monoisotopic (exact) mass is 192 g/mol. The Kier molecular flexibility index (Phi) is 3.12. The van der Waals surface area contributed by atoms with E-state index in [9.17, 15) is 4.79 Å². The molecule has 0 fully saturated rings. The predicted molar refractivity (Wildman–Crippen MR) is 58.1 cm³/mol. The van der Waals surface area contributed by atoms with Crippen molar-refractivity contribution in [2.24, 2.45) is 0 Å². The van der Waals surface area contributed by atoms with E-state index >= 15 is 0 Å². The van der Waals surface area contributed by atoms with E-state index in [1.165, 1.54) is 0 Å². The fraction of sp³-hybridized carbons (Fsp3) is 0.364. The van der Waals surface area contributed by atoms with Gasteiger partial charge in [-0.05, 0) is 32.0 Å². The molecule has 1 amide bonds. The molecule has 2 N–H and O–H groups in total. The molecule has 76 valence electrons. The van der Waals surface area contributed by atoms with Gasteiger partial charge in [0, 0.05) is 24.3 Å². The van der Waals surface area contributed by atoms with Crippen molar-refractivity contribution < 1.29 is 4.79 Å². The minimum Gasteiger partial charge on any atom is -0.399 e. The molecule has 0 heterocycles. The lowest BCUT2D eigenvalue weighted by Gasteiger charge is -2.21. The number of nitrogens with zero attached hydrogens (tertiary/aromatic N) is 1. The molecule has 0 radical (unpaired) electrons. The van der Waals surface area contributed by atoms with Crippen LogP contribution in [0.5, 0.6) is 0 Å². The van der Waals surface area contributed by atoms with Crippen LogP contribution in [-0.4, -0.2) is 23.9 Å². The van der Waals surface area contributed by atoms with Gasteiger partial charge in [-0.2, -0.15) is 0 Å². The molecule has 14 heavy (non-hydrogen) atoms. The Morgan fingerprint density at radius 2 is 2.07 bits per heavy atom. The average Bonchev–Trinajstić information content (AvgIpc) is 2.15. The zero-order valence-electron chi connectivity index (χ0n) is 8.82. The number of rotatable bonds is 2. The number of anilines is 1. The number of hydrogen-bond acceptors (Lipinski definition) is 2. The lowest BCUT2D eigenvalue weighted by molar-refractivity contribution is 0.0755. The van der Waals surface area contributed by atoms with Gasteiger partial charge in [-0.15, -0.1) is 0 Å². The third-order valence-corrected chi connectivity index (χ3v) is 2.23. The van der Waals surface area contributed by atoms with Crippen LogP contribution in [0.25, 0.3) is 0 Å². The summed E-state index contributed by atoms with van der Waals surface area (Å²) >= 11 is 0. The van der Waals surface area contributed by atoms with E-state index in [2.05, 4.69) is 0 Å². The van der Waals surface area contributed by atoms with Gasteiger partial charge in [0.25, 0.3) is 5.91 Å². The summed E-state index contributed by atoms with van der Waals surface area (Å²) in [5.74, 6) is 0.00676. The van der Waals surface area contributed by atoms with Gasteiger partial charge in [0.05, 0.1) is 0 Å². The second-order valence-corrected chi connectivity index (χ2v) is 3.64. The summed E-state index contributed by atoms with van der Waals surface area (Å²) in [6.07, 6.45) is 0. The van der Waals surface area contributed by atoms with Gasteiger partial charge < -0.3 is 10.6 Å². The first-order valence-electron chi connectivity index (χ1n) is 4.65. The van der Waals surface area contributed by atoms with Crippen LogP contribution in [-0.2, 0) is 0 Å². The van der Waals surface area contributed by atoms with Gasteiger partial charge in [-0.3, -0.25) is 4.79 Å². The second kappa shape index (κ2) is 4.13. The third kappa shape index (κ3) is 2.25. The predicted octanol–water partition coefficient (Wildman–Crippen LogP) is 1.75. The number of nitrogens with two attached hydrogens (primary N) is 1. The van der Waals surface area contributed by atoms with Crippen LogP contribution in [0.2, 0.25) is 0 Å². The van der Waals surface area contributed by atoms with Crippen molar-refractivity contribution in [1.29, 1.82) is 0 Å². The van der Waals surface area contributed by atoms with Crippen molar-refractivity contribution in [3.05, 3.63) is 29.8 Å². The van der Waals surface area contributed by atoms with Crippen LogP contribution >= 0.6 is 0 Å². The molecule has 0 aliphatic carbocycles. The normalized spacial score (nSPS) is 10.3. The molecule has 0 aromatic heterocycles. The maximum absolute atomic E-state index is 11.8. The number of hydrogen-bond donors (Lipinski definition) is 1. The van der Waals surface area contributed by atoms with E-state index in [-0.39, 0.29) is 11.9 Å². The molecule has 0 atom stereocenters.